The standard InChI is InChI=1S/C14H12O2/c1-10-5-7-11(8-6-10)13-4-2-3-12(9-15)14(13)16/h2-5,7-9,13H,1,6H2. The van der Waals surface area contributed by atoms with Crippen LogP contribution in [0.3, 0.4) is 0 Å². The van der Waals surface area contributed by atoms with Gasteiger partial charge in [-0.2, -0.15) is 0 Å². The van der Waals surface area contributed by atoms with Crippen molar-refractivity contribution < 1.29 is 9.59 Å². The van der Waals surface area contributed by atoms with Crippen LogP contribution in [0.4, 0.5) is 0 Å². The fraction of sp³-hybridized carbons (Fsp3) is 0.143. The fourth-order valence-electron chi connectivity index (χ4n) is 1.81. The molecule has 0 aromatic rings. The molecule has 0 fully saturated rings. The molecule has 0 aliphatic heterocycles. The van der Waals surface area contributed by atoms with Crippen molar-refractivity contribution in [1.29, 1.82) is 0 Å². The van der Waals surface area contributed by atoms with E-state index in [2.05, 4.69) is 6.58 Å². The highest BCUT2D eigenvalue weighted by atomic mass is 16.1. The Labute approximate surface area is 94.3 Å². The van der Waals surface area contributed by atoms with Crippen LogP contribution in [0.1, 0.15) is 6.42 Å². The zero-order valence-corrected chi connectivity index (χ0v) is 8.85. The molecule has 1 unspecified atom stereocenters. The van der Waals surface area contributed by atoms with Crippen molar-refractivity contribution in [3.63, 3.8) is 0 Å². The molecule has 0 heterocycles. The summed E-state index contributed by atoms with van der Waals surface area (Å²) in [7, 11) is 0. The summed E-state index contributed by atoms with van der Waals surface area (Å²) in [5.41, 5.74) is 2.22. The third-order valence-corrected chi connectivity index (χ3v) is 2.74. The minimum Gasteiger partial charge on any atom is -0.298 e. The van der Waals surface area contributed by atoms with Crippen LogP contribution in [0.15, 0.2) is 59.8 Å². The molecule has 0 N–H and O–H groups in total. The van der Waals surface area contributed by atoms with Gasteiger partial charge in [-0.3, -0.25) is 9.59 Å². The van der Waals surface area contributed by atoms with Gasteiger partial charge in [0.25, 0.3) is 0 Å². The number of carbonyl (C=O) groups is 2. The number of hydrogen-bond donors (Lipinski definition) is 0. The smallest absolute Gasteiger partial charge is 0.177 e. The van der Waals surface area contributed by atoms with Crippen molar-refractivity contribution in [3.8, 4) is 0 Å². The molecule has 0 amide bonds. The number of carbonyl (C=O) groups excluding carboxylic acids is 2. The van der Waals surface area contributed by atoms with Crippen LogP contribution in [-0.2, 0) is 9.59 Å². The monoisotopic (exact) mass is 212 g/mol. The van der Waals surface area contributed by atoms with Crippen molar-refractivity contribution in [2.75, 3.05) is 0 Å². The van der Waals surface area contributed by atoms with Gasteiger partial charge < -0.3 is 0 Å². The summed E-state index contributed by atoms with van der Waals surface area (Å²) in [6.07, 6.45) is 12.3. The van der Waals surface area contributed by atoms with Gasteiger partial charge >= 0.3 is 0 Å². The first-order valence-corrected chi connectivity index (χ1v) is 5.16. The van der Waals surface area contributed by atoms with Crippen LogP contribution in [0.5, 0.6) is 0 Å². The van der Waals surface area contributed by atoms with E-state index in [-0.39, 0.29) is 17.3 Å². The molecule has 2 aliphatic rings. The van der Waals surface area contributed by atoms with Gasteiger partial charge in [0.15, 0.2) is 12.1 Å². The highest BCUT2D eigenvalue weighted by Gasteiger charge is 2.24. The summed E-state index contributed by atoms with van der Waals surface area (Å²) >= 11 is 0. The second-order valence-corrected chi connectivity index (χ2v) is 3.87. The Balaban J connectivity index is 2.25. The van der Waals surface area contributed by atoms with Gasteiger partial charge in [-0.25, -0.2) is 0 Å². The topological polar surface area (TPSA) is 34.1 Å². The quantitative estimate of drug-likeness (QED) is 0.520. The van der Waals surface area contributed by atoms with Crippen LogP contribution < -0.4 is 0 Å². The van der Waals surface area contributed by atoms with E-state index >= 15 is 0 Å². The van der Waals surface area contributed by atoms with Gasteiger partial charge in [-0.15, -0.1) is 0 Å². The van der Waals surface area contributed by atoms with Crippen molar-refractivity contribution >= 4 is 12.1 Å². The van der Waals surface area contributed by atoms with Gasteiger partial charge in [-0.1, -0.05) is 42.5 Å². The highest BCUT2D eigenvalue weighted by molar-refractivity contribution is 6.15. The average Bonchev–Trinajstić information content (AvgIpc) is 2.31. The summed E-state index contributed by atoms with van der Waals surface area (Å²) < 4.78 is 0. The molecule has 0 aromatic heterocycles. The van der Waals surface area contributed by atoms with Crippen LogP contribution in [0, 0.1) is 5.92 Å². The molecule has 2 rings (SSSR count). The van der Waals surface area contributed by atoms with Gasteiger partial charge in [0.2, 0.25) is 0 Å². The Morgan fingerprint density at radius 1 is 1.38 bits per heavy atom. The molecule has 80 valence electrons. The number of rotatable bonds is 2. The molecule has 2 nitrogen and oxygen atoms in total. The second kappa shape index (κ2) is 4.27. The Morgan fingerprint density at radius 3 is 2.81 bits per heavy atom. The maximum absolute atomic E-state index is 11.9. The summed E-state index contributed by atoms with van der Waals surface area (Å²) in [6.45, 7) is 3.84. The number of allylic oxidation sites excluding steroid dienone is 9. The maximum Gasteiger partial charge on any atom is 0.177 e. The maximum atomic E-state index is 11.9. The molecule has 0 aromatic carbocycles. The molecule has 0 saturated carbocycles. The normalized spacial score (nSPS) is 24.1. The van der Waals surface area contributed by atoms with E-state index in [0.29, 0.717) is 6.29 Å². The van der Waals surface area contributed by atoms with E-state index in [0.717, 1.165) is 17.6 Å². The average molecular weight is 212 g/mol. The first kappa shape index (κ1) is 10.6. The Hall–Kier alpha value is -1.96. The first-order valence-electron chi connectivity index (χ1n) is 5.16. The van der Waals surface area contributed by atoms with E-state index in [9.17, 15) is 9.59 Å². The zero-order chi connectivity index (χ0) is 11.5. The molecule has 2 heteroatoms. The lowest BCUT2D eigenvalue weighted by Gasteiger charge is -2.18. The zero-order valence-electron chi connectivity index (χ0n) is 8.85. The molecule has 2 aliphatic carbocycles. The highest BCUT2D eigenvalue weighted by Crippen LogP contribution is 2.26. The minimum absolute atomic E-state index is 0.124. The Kier molecular flexibility index (Phi) is 2.82. The third-order valence-electron chi connectivity index (χ3n) is 2.74. The van der Waals surface area contributed by atoms with Crippen molar-refractivity contribution in [2.45, 2.75) is 6.42 Å². The van der Waals surface area contributed by atoms with Gasteiger partial charge in [-0.05, 0) is 18.1 Å². The largest absolute Gasteiger partial charge is 0.298 e. The number of Topliss-reactive ketones (excluding diaryl/α,β-unsaturated/α-hetero) is 1. The Morgan fingerprint density at radius 2 is 2.19 bits per heavy atom. The van der Waals surface area contributed by atoms with E-state index in [4.69, 9.17) is 0 Å². The molecular weight excluding hydrogens is 200 g/mol. The van der Waals surface area contributed by atoms with Crippen LogP contribution >= 0.6 is 0 Å². The lowest BCUT2D eigenvalue weighted by Crippen LogP contribution is -2.20. The van der Waals surface area contributed by atoms with E-state index in [1.807, 2.05) is 24.3 Å². The van der Waals surface area contributed by atoms with Crippen LogP contribution in [0.2, 0.25) is 0 Å². The fourth-order valence-corrected chi connectivity index (χ4v) is 1.81. The van der Waals surface area contributed by atoms with E-state index < -0.39 is 0 Å². The number of hydrogen-bond acceptors (Lipinski definition) is 2. The first-order chi connectivity index (χ1) is 7.72. The summed E-state index contributed by atoms with van der Waals surface area (Å²) in [5.74, 6) is -0.435. The summed E-state index contributed by atoms with van der Waals surface area (Å²) in [4.78, 5) is 22.6. The third kappa shape index (κ3) is 1.87. The number of ketones is 1. The SMILES string of the molecule is C=C1C=CC(C2C=CC=C(C=O)C2=O)=CC1. The second-order valence-electron chi connectivity index (χ2n) is 3.87. The van der Waals surface area contributed by atoms with Gasteiger partial charge in [0.1, 0.15) is 0 Å². The van der Waals surface area contributed by atoms with Crippen molar-refractivity contribution in [1.82, 2.24) is 0 Å². The lowest BCUT2D eigenvalue weighted by molar-refractivity contribution is -0.118. The molecular formula is C14H12O2. The van der Waals surface area contributed by atoms with Crippen molar-refractivity contribution in [2.24, 2.45) is 5.92 Å². The molecule has 0 radical (unpaired) electrons. The molecule has 1 atom stereocenters. The lowest BCUT2D eigenvalue weighted by atomic mass is 9.84. The predicted molar refractivity (Wildman–Crippen MR) is 62.8 cm³/mol. The minimum atomic E-state index is -0.311. The summed E-state index contributed by atoms with van der Waals surface area (Å²) in [6, 6.07) is 0. The van der Waals surface area contributed by atoms with E-state index in [1.54, 1.807) is 12.2 Å². The molecule has 0 bridgehead atoms. The van der Waals surface area contributed by atoms with Crippen LogP contribution in [0.25, 0.3) is 0 Å². The Bertz CT molecular complexity index is 473. The van der Waals surface area contributed by atoms with Gasteiger partial charge in [0, 0.05) is 0 Å². The van der Waals surface area contributed by atoms with Gasteiger partial charge in [0.05, 0.1) is 11.5 Å². The number of aldehydes is 1. The van der Waals surface area contributed by atoms with Crippen LogP contribution in [-0.4, -0.2) is 12.1 Å². The van der Waals surface area contributed by atoms with E-state index in [1.165, 1.54) is 0 Å². The predicted octanol–water partition coefficient (Wildman–Crippen LogP) is 2.31. The molecule has 16 heavy (non-hydrogen) atoms. The molecule has 0 spiro atoms. The van der Waals surface area contributed by atoms with Crippen molar-refractivity contribution in [3.05, 3.63) is 59.8 Å². The molecule has 0 saturated heterocycles. The summed E-state index contributed by atoms with van der Waals surface area (Å²) in [5, 5.41) is 0.